The number of hydrogen-bond acceptors (Lipinski definition) is 6. The number of carbonyl (C=O) groups excluding carboxylic acids is 1. The van der Waals surface area contributed by atoms with E-state index in [4.69, 9.17) is 18.9 Å². The summed E-state index contributed by atoms with van der Waals surface area (Å²) >= 11 is 0. The maximum atomic E-state index is 10.9. The molecule has 0 spiro atoms. The smallest absolute Gasteiger partial charge is 0.236 e. The number of ether oxygens (including phenoxy) is 4. The molecule has 0 bridgehead atoms. The number of carbonyl (C=O) groups is 1. The van der Waals surface area contributed by atoms with Crippen LogP contribution in [0.2, 0.25) is 0 Å². The molecule has 0 heterocycles. The van der Waals surface area contributed by atoms with Gasteiger partial charge in [0.05, 0.1) is 19.9 Å². The first-order chi connectivity index (χ1) is 15.1. The molecule has 7 heteroatoms. The lowest BCUT2D eigenvalue weighted by molar-refractivity contribution is -0.118. The van der Waals surface area contributed by atoms with Crippen LogP contribution in [0.15, 0.2) is 47.6 Å². The van der Waals surface area contributed by atoms with Gasteiger partial charge in [0, 0.05) is 6.92 Å². The number of amides is 1. The summed E-state index contributed by atoms with van der Waals surface area (Å²) in [6, 6.07) is 13.0. The van der Waals surface area contributed by atoms with Crippen LogP contribution >= 0.6 is 0 Å². The van der Waals surface area contributed by atoms with Crippen molar-refractivity contribution < 1.29 is 23.7 Å². The Morgan fingerprint density at radius 3 is 2.23 bits per heavy atom. The van der Waals surface area contributed by atoms with Gasteiger partial charge in [0.15, 0.2) is 11.5 Å². The van der Waals surface area contributed by atoms with Gasteiger partial charge >= 0.3 is 0 Å². The van der Waals surface area contributed by atoms with Crippen molar-refractivity contribution in [3.8, 4) is 23.0 Å². The van der Waals surface area contributed by atoms with E-state index in [9.17, 15) is 4.79 Å². The normalized spacial score (nSPS) is 10.7. The van der Waals surface area contributed by atoms with Crippen LogP contribution in [0, 0.1) is 0 Å². The molecule has 168 valence electrons. The van der Waals surface area contributed by atoms with Crippen LogP contribution in [0.3, 0.4) is 0 Å². The van der Waals surface area contributed by atoms with Crippen molar-refractivity contribution in [2.75, 3.05) is 26.9 Å². The minimum Gasteiger partial charge on any atom is -0.494 e. The highest BCUT2D eigenvalue weighted by molar-refractivity contribution is 5.82. The second kappa shape index (κ2) is 13.9. The Morgan fingerprint density at radius 1 is 0.903 bits per heavy atom. The highest BCUT2D eigenvalue weighted by atomic mass is 16.5. The molecule has 2 aromatic carbocycles. The molecule has 31 heavy (non-hydrogen) atoms. The second-order valence-electron chi connectivity index (χ2n) is 6.91. The quantitative estimate of drug-likeness (QED) is 0.271. The number of rotatable bonds is 14. The van der Waals surface area contributed by atoms with E-state index in [1.54, 1.807) is 19.2 Å². The van der Waals surface area contributed by atoms with Gasteiger partial charge in [0.25, 0.3) is 0 Å². The third-order valence-corrected chi connectivity index (χ3v) is 4.32. The van der Waals surface area contributed by atoms with E-state index < -0.39 is 0 Å². The van der Waals surface area contributed by atoms with E-state index in [0.717, 1.165) is 30.1 Å². The zero-order chi connectivity index (χ0) is 22.3. The maximum absolute atomic E-state index is 10.9. The first-order valence-corrected chi connectivity index (χ1v) is 10.6. The predicted octanol–water partition coefficient (Wildman–Crippen LogP) is 4.58. The van der Waals surface area contributed by atoms with E-state index in [1.807, 2.05) is 30.3 Å². The van der Waals surface area contributed by atoms with Gasteiger partial charge in [0.2, 0.25) is 5.91 Å². The van der Waals surface area contributed by atoms with Gasteiger partial charge in [-0.3, -0.25) is 4.79 Å². The molecule has 0 atom stereocenters. The summed E-state index contributed by atoms with van der Waals surface area (Å²) in [7, 11) is 1.57. The highest BCUT2D eigenvalue weighted by Crippen LogP contribution is 2.27. The van der Waals surface area contributed by atoms with Gasteiger partial charge in [-0.25, -0.2) is 5.43 Å². The second-order valence-corrected chi connectivity index (χ2v) is 6.91. The molecule has 1 N–H and O–H groups in total. The molecule has 0 fully saturated rings. The molecular formula is C24H32N2O5. The van der Waals surface area contributed by atoms with Crippen LogP contribution in [0.25, 0.3) is 0 Å². The zero-order valence-electron chi connectivity index (χ0n) is 18.6. The lowest BCUT2D eigenvalue weighted by Gasteiger charge is -2.12. The summed E-state index contributed by atoms with van der Waals surface area (Å²) in [6.07, 6.45) is 6.30. The average molecular weight is 429 g/mol. The van der Waals surface area contributed by atoms with E-state index >= 15 is 0 Å². The van der Waals surface area contributed by atoms with Crippen molar-refractivity contribution in [2.24, 2.45) is 5.10 Å². The standard InChI is InChI=1S/C24H32N2O5/c1-4-5-6-7-14-29-21-9-11-22(12-10-21)30-15-16-31-23-13-8-20(17-24(23)28-3)18-25-26-19(2)27/h8-13,17-18H,4-7,14-16H2,1-3H3,(H,26,27)/b25-18+. The molecule has 0 radical (unpaired) electrons. The van der Waals surface area contributed by atoms with E-state index in [1.165, 1.54) is 32.4 Å². The van der Waals surface area contributed by atoms with Crippen molar-refractivity contribution in [1.29, 1.82) is 0 Å². The Kier molecular flexibility index (Phi) is 10.8. The van der Waals surface area contributed by atoms with Crippen molar-refractivity contribution in [3.63, 3.8) is 0 Å². The lowest BCUT2D eigenvalue weighted by Crippen LogP contribution is -2.12. The Bertz CT molecular complexity index is 821. The van der Waals surface area contributed by atoms with Crippen LogP contribution in [0.1, 0.15) is 45.1 Å². The summed E-state index contributed by atoms with van der Waals surface area (Å²) in [4.78, 5) is 10.9. The zero-order valence-corrected chi connectivity index (χ0v) is 18.6. The number of nitrogens with one attached hydrogen (secondary N) is 1. The van der Waals surface area contributed by atoms with Crippen LogP contribution in [0.4, 0.5) is 0 Å². The molecule has 0 aliphatic rings. The van der Waals surface area contributed by atoms with E-state index in [2.05, 4.69) is 17.5 Å². The summed E-state index contributed by atoms with van der Waals surface area (Å²) in [5.41, 5.74) is 3.14. The monoisotopic (exact) mass is 428 g/mol. The van der Waals surface area contributed by atoms with Gasteiger partial charge < -0.3 is 18.9 Å². The summed E-state index contributed by atoms with van der Waals surface area (Å²) in [6.45, 7) is 5.10. The van der Waals surface area contributed by atoms with Crippen molar-refractivity contribution in [1.82, 2.24) is 5.43 Å². The molecule has 0 unspecified atom stereocenters. The Balaban J connectivity index is 1.74. The number of hydrogen-bond donors (Lipinski definition) is 1. The molecule has 0 saturated heterocycles. The van der Waals surface area contributed by atoms with E-state index in [0.29, 0.717) is 24.7 Å². The van der Waals surface area contributed by atoms with Gasteiger partial charge in [-0.1, -0.05) is 26.2 Å². The van der Waals surface area contributed by atoms with Crippen molar-refractivity contribution >= 4 is 12.1 Å². The molecule has 2 rings (SSSR count). The van der Waals surface area contributed by atoms with E-state index in [-0.39, 0.29) is 5.91 Å². The number of unbranched alkanes of at least 4 members (excludes halogenated alkanes) is 3. The molecule has 0 aliphatic heterocycles. The van der Waals surface area contributed by atoms with Crippen LogP contribution in [0.5, 0.6) is 23.0 Å². The molecule has 1 amide bonds. The Hall–Kier alpha value is -3.22. The van der Waals surface area contributed by atoms with Crippen LogP contribution in [-0.4, -0.2) is 39.1 Å². The molecular weight excluding hydrogens is 396 g/mol. The fourth-order valence-corrected chi connectivity index (χ4v) is 2.74. The Morgan fingerprint density at radius 2 is 1.58 bits per heavy atom. The van der Waals surface area contributed by atoms with Gasteiger partial charge in [-0.15, -0.1) is 0 Å². The SMILES string of the molecule is CCCCCCOc1ccc(OCCOc2ccc(/C=N/NC(C)=O)cc2OC)cc1. The van der Waals surface area contributed by atoms with Crippen LogP contribution in [-0.2, 0) is 4.79 Å². The van der Waals surface area contributed by atoms with Crippen molar-refractivity contribution in [2.45, 2.75) is 39.5 Å². The number of methoxy groups -OCH3 is 1. The minimum absolute atomic E-state index is 0.229. The Labute approximate surface area is 184 Å². The molecule has 7 nitrogen and oxygen atoms in total. The van der Waals surface area contributed by atoms with Gasteiger partial charge in [0.1, 0.15) is 24.7 Å². The number of benzene rings is 2. The minimum atomic E-state index is -0.229. The largest absolute Gasteiger partial charge is 0.494 e. The highest BCUT2D eigenvalue weighted by Gasteiger charge is 2.06. The van der Waals surface area contributed by atoms with Gasteiger partial charge in [-0.05, 0) is 54.4 Å². The van der Waals surface area contributed by atoms with Crippen LogP contribution < -0.4 is 24.4 Å². The average Bonchev–Trinajstić information content (AvgIpc) is 2.77. The third-order valence-electron chi connectivity index (χ3n) is 4.32. The topological polar surface area (TPSA) is 78.4 Å². The molecule has 0 saturated carbocycles. The first-order valence-electron chi connectivity index (χ1n) is 10.6. The molecule has 2 aromatic rings. The fraction of sp³-hybridized carbons (Fsp3) is 0.417. The summed E-state index contributed by atoms with van der Waals surface area (Å²) in [5, 5.41) is 3.84. The first kappa shape index (κ1) is 24.1. The molecule has 0 aliphatic carbocycles. The summed E-state index contributed by atoms with van der Waals surface area (Å²) < 4.78 is 22.6. The van der Waals surface area contributed by atoms with Gasteiger partial charge in [-0.2, -0.15) is 5.10 Å². The third kappa shape index (κ3) is 9.42. The summed E-state index contributed by atoms with van der Waals surface area (Å²) in [5.74, 6) is 2.57. The lowest BCUT2D eigenvalue weighted by atomic mass is 10.2. The fourth-order valence-electron chi connectivity index (χ4n) is 2.74. The maximum Gasteiger partial charge on any atom is 0.236 e. The number of hydrazone groups is 1. The predicted molar refractivity (Wildman–Crippen MR) is 121 cm³/mol. The molecule has 0 aromatic heterocycles. The number of nitrogens with zero attached hydrogens (tertiary/aromatic N) is 1. The van der Waals surface area contributed by atoms with Crippen molar-refractivity contribution in [3.05, 3.63) is 48.0 Å².